The van der Waals surface area contributed by atoms with Crippen molar-refractivity contribution in [1.82, 2.24) is 4.98 Å². The molecule has 1 atom stereocenters. The number of halogens is 1. The Morgan fingerprint density at radius 1 is 1.65 bits per heavy atom. The molecule has 17 heavy (non-hydrogen) atoms. The van der Waals surface area contributed by atoms with Crippen molar-refractivity contribution in [2.24, 2.45) is 0 Å². The largest absolute Gasteiger partial charge is 0.369 e. The average molecular weight is 257 g/mol. The molecule has 0 radical (unpaired) electrons. The van der Waals surface area contributed by atoms with E-state index in [0.717, 1.165) is 6.42 Å². The van der Waals surface area contributed by atoms with Gasteiger partial charge in [0.15, 0.2) is 0 Å². The van der Waals surface area contributed by atoms with Crippen LogP contribution in [0.4, 0.5) is 5.69 Å². The van der Waals surface area contributed by atoms with E-state index in [1.807, 2.05) is 13.8 Å². The molecule has 0 aromatic carbocycles. The summed E-state index contributed by atoms with van der Waals surface area (Å²) in [4.78, 5) is 15.6. The average Bonchev–Trinajstić information content (AvgIpc) is 2.32. The van der Waals surface area contributed by atoms with Crippen LogP contribution in [0.15, 0.2) is 12.3 Å². The molecule has 1 amide bonds. The molecule has 1 N–H and O–H groups in total. The van der Waals surface area contributed by atoms with Crippen molar-refractivity contribution < 1.29 is 9.53 Å². The maximum absolute atomic E-state index is 11.6. The highest BCUT2D eigenvalue weighted by Crippen LogP contribution is 2.23. The van der Waals surface area contributed by atoms with Gasteiger partial charge >= 0.3 is 0 Å². The Morgan fingerprint density at radius 3 is 3.00 bits per heavy atom. The van der Waals surface area contributed by atoms with E-state index in [1.54, 1.807) is 19.2 Å². The van der Waals surface area contributed by atoms with Crippen LogP contribution in [0.3, 0.4) is 0 Å². The highest BCUT2D eigenvalue weighted by molar-refractivity contribution is 6.34. The van der Waals surface area contributed by atoms with Crippen molar-refractivity contribution in [3.63, 3.8) is 0 Å². The van der Waals surface area contributed by atoms with Crippen molar-refractivity contribution in [3.8, 4) is 0 Å². The van der Waals surface area contributed by atoms with Crippen LogP contribution in [0.1, 0.15) is 26.0 Å². The fraction of sp³-hybridized carbons (Fsp3) is 0.500. The lowest BCUT2D eigenvalue weighted by Crippen LogP contribution is -2.21. The second kappa shape index (κ2) is 6.57. The van der Waals surface area contributed by atoms with Gasteiger partial charge in [-0.2, -0.15) is 0 Å². The first kappa shape index (κ1) is 13.9. The van der Waals surface area contributed by atoms with Gasteiger partial charge in [-0.1, -0.05) is 18.5 Å². The molecule has 1 aromatic rings. The predicted molar refractivity (Wildman–Crippen MR) is 68.3 cm³/mol. The molecule has 1 rings (SSSR count). The SMILES string of the molecule is CC[C@@H](C)OCC(=O)Nc1ccnc(C)c1Cl. The zero-order chi connectivity index (χ0) is 12.8. The normalized spacial score (nSPS) is 12.2. The molecule has 0 fully saturated rings. The van der Waals surface area contributed by atoms with Gasteiger partial charge in [0.1, 0.15) is 6.61 Å². The van der Waals surface area contributed by atoms with Gasteiger partial charge in [-0.15, -0.1) is 0 Å². The second-order valence-corrected chi connectivity index (χ2v) is 4.21. The Hall–Kier alpha value is -1.13. The third kappa shape index (κ3) is 4.32. The van der Waals surface area contributed by atoms with Crippen LogP contribution >= 0.6 is 11.6 Å². The number of hydrogen-bond acceptors (Lipinski definition) is 3. The van der Waals surface area contributed by atoms with E-state index < -0.39 is 0 Å². The molecule has 1 heterocycles. The van der Waals surface area contributed by atoms with Gasteiger partial charge in [-0.25, -0.2) is 0 Å². The van der Waals surface area contributed by atoms with Crippen LogP contribution in [0.5, 0.6) is 0 Å². The Bertz CT molecular complexity index is 396. The van der Waals surface area contributed by atoms with Crippen LogP contribution < -0.4 is 5.32 Å². The minimum absolute atomic E-state index is 0.0344. The summed E-state index contributed by atoms with van der Waals surface area (Å²) in [6.45, 7) is 5.75. The first-order valence-electron chi connectivity index (χ1n) is 5.57. The lowest BCUT2D eigenvalue weighted by atomic mass is 10.3. The summed E-state index contributed by atoms with van der Waals surface area (Å²) in [6, 6.07) is 1.66. The molecular weight excluding hydrogens is 240 g/mol. The minimum atomic E-state index is -0.210. The molecule has 0 saturated carbocycles. The van der Waals surface area contributed by atoms with Gasteiger partial charge in [0.25, 0.3) is 0 Å². The van der Waals surface area contributed by atoms with Crippen LogP contribution in [0.25, 0.3) is 0 Å². The number of nitrogens with zero attached hydrogens (tertiary/aromatic N) is 1. The van der Waals surface area contributed by atoms with Gasteiger partial charge in [0.2, 0.25) is 5.91 Å². The topological polar surface area (TPSA) is 51.2 Å². The van der Waals surface area contributed by atoms with E-state index in [9.17, 15) is 4.79 Å². The van der Waals surface area contributed by atoms with E-state index in [4.69, 9.17) is 16.3 Å². The number of carbonyl (C=O) groups is 1. The Labute approximate surface area is 106 Å². The second-order valence-electron chi connectivity index (χ2n) is 3.84. The third-order valence-electron chi connectivity index (χ3n) is 2.41. The number of pyridine rings is 1. The number of hydrogen-bond donors (Lipinski definition) is 1. The van der Waals surface area contributed by atoms with Crippen LogP contribution in [-0.4, -0.2) is 23.6 Å². The number of aromatic nitrogens is 1. The third-order valence-corrected chi connectivity index (χ3v) is 2.89. The molecule has 4 nitrogen and oxygen atoms in total. The first-order chi connectivity index (χ1) is 8.04. The van der Waals surface area contributed by atoms with Gasteiger partial charge in [-0.05, 0) is 26.3 Å². The van der Waals surface area contributed by atoms with E-state index >= 15 is 0 Å². The number of nitrogens with one attached hydrogen (secondary N) is 1. The van der Waals surface area contributed by atoms with Gasteiger partial charge < -0.3 is 10.1 Å². The van der Waals surface area contributed by atoms with Gasteiger partial charge in [0.05, 0.1) is 22.5 Å². The van der Waals surface area contributed by atoms with Crippen molar-refractivity contribution in [2.45, 2.75) is 33.3 Å². The number of amides is 1. The highest BCUT2D eigenvalue weighted by Gasteiger charge is 2.09. The number of rotatable bonds is 5. The summed E-state index contributed by atoms with van der Waals surface area (Å²) in [7, 11) is 0. The molecule has 5 heteroatoms. The van der Waals surface area contributed by atoms with Crippen molar-refractivity contribution in [1.29, 1.82) is 0 Å². The highest BCUT2D eigenvalue weighted by atomic mass is 35.5. The van der Waals surface area contributed by atoms with Gasteiger partial charge in [-0.3, -0.25) is 9.78 Å². The summed E-state index contributed by atoms with van der Waals surface area (Å²) < 4.78 is 5.32. The summed E-state index contributed by atoms with van der Waals surface area (Å²) in [6.07, 6.45) is 2.56. The standard InChI is InChI=1S/C12H17ClN2O2/c1-4-8(2)17-7-11(16)15-10-5-6-14-9(3)12(10)13/h5-6,8H,4,7H2,1-3H3,(H,14,15,16)/t8-/m1/s1. The molecule has 0 aliphatic carbocycles. The van der Waals surface area contributed by atoms with Gasteiger partial charge in [0, 0.05) is 6.20 Å². The smallest absolute Gasteiger partial charge is 0.250 e. The monoisotopic (exact) mass is 256 g/mol. The fourth-order valence-electron chi connectivity index (χ4n) is 1.17. The van der Waals surface area contributed by atoms with Crippen molar-refractivity contribution in [3.05, 3.63) is 23.0 Å². The molecule has 0 spiro atoms. The van der Waals surface area contributed by atoms with Crippen molar-refractivity contribution >= 4 is 23.2 Å². The Morgan fingerprint density at radius 2 is 2.35 bits per heavy atom. The van der Waals surface area contributed by atoms with E-state index in [2.05, 4.69) is 10.3 Å². The molecular formula is C12H17ClN2O2. The summed E-state index contributed by atoms with van der Waals surface area (Å²) in [5.74, 6) is -0.210. The molecule has 0 aliphatic heterocycles. The predicted octanol–water partition coefficient (Wildman–Crippen LogP) is 2.80. The number of aryl methyl sites for hydroxylation is 1. The van der Waals surface area contributed by atoms with E-state index in [-0.39, 0.29) is 18.6 Å². The van der Waals surface area contributed by atoms with E-state index in [0.29, 0.717) is 16.4 Å². The molecule has 0 unspecified atom stereocenters. The lowest BCUT2D eigenvalue weighted by molar-refractivity contribution is -0.122. The van der Waals surface area contributed by atoms with Crippen molar-refractivity contribution in [2.75, 3.05) is 11.9 Å². The van der Waals surface area contributed by atoms with Crippen LogP contribution in [-0.2, 0) is 9.53 Å². The molecule has 0 saturated heterocycles. The van der Waals surface area contributed by atoms with Crippen LogP contribution in [0.2, 0.25) is 5.02 Å². The molecule has 1 aromatic heterocycles. The first-order valence-corrected chi connectivity index (χ1v) is 5.95. The minimum Gasteiger partial charge on any atom is -0.369 e. The fourth-order valence-corrected chi connectivity index (χ4v) is 1.33. The maximum Gasteiger partial charge on any atom is 0.250 e. The Kier molecular flexibility index (Phi) is 5.38. The summed E-state index contributed by atoms with van der Waals surface area (Å²) in [5, 5.41) is 3.16. The summed E-state index contributed by atoms with van der Waals surface area (Å²) in [5.41, 5.74) is 1.25. The molecule has 0 bridgehead atoms. The number of anilines is 1. The number of ether oxygens (including phenoxy) is 1. The molecule has 94 valence electrons. The number of carbonyl (C=O) groups excluding carboxylic acids is 1. The zero-order valence-electron chi connectivity index (χ0n) is 10.3. The quantitative estimate of drug-likeness (QED) is 0.881. The Balaban J connectivity index is 2.54. The molecule has 0 aliphatic rings. The van der Waals surface area contributed by atoms with E-state index in [1.165, 1.54) is 0 Å². The van der Waals surface area contributed by atoms with Crippen LogP contribution in [0, 0.1) is 6.92 Å². The zero-order valence-corrected chi connectivity index (χ0v) is 11.0. The maximum atomic E-state index is 11.6. The lowest BCUT2D eigenvalue weighted by Gasteiger charge is -2.11. The summed E-state index contributed by atoms with van der Waals surface area (Å²) >= 11 is 6.01.